The number of aryl methyl sites for hydroxylation is 1. The van der Waals surface area contributed by atoms with Crippen molar-refractivity contribution < 1.29 is 0 Å². The summed E-state index contributed by atoms with van der Waals surface area (Å²) in [6.45, 7) is 4.65. The highest BCUT2D eigenvalue weighted by molar-refractivity contribution is 5.25. The van der Waals surface area contributed by atoms with Gasteiger partial charge in [0.05, 0.1) is 0 Å². The lowest BCUT2D eigenvalue weighted by Crippen LogP contribution is -2.28. The van der Waals surface area contributed by atoms with Crippen LogP contribution in [-0.4, -0.2) is 22.6 Å². The summed E-state index contributed by atoms with van der Waals surface area (Å²) in [5, 5.41) is 3.16. The first kappa shape index (κ1) is 9.92. The minimum absolute atomic E-state index is 0.266. The molecular weight excluding hydrogens is 164 g/mol. The van der Waals surface area contributed by atoms with Crippen LogP contribution in [0.2, 0.25) is 0 Å². The second-order valence-corrected chi connectivity index (χ2v) is 3.07. The fourth-order valence-corrected chi connectivity index (χ4v) is 0.977. The minimum Gasteiger partial charge on any atom is -0.350 e. The van der Waals surface area contributed by atoms with Crippen molar-refractivity contribution in [2.24, 2.45) is 5.73 Å². The molecule has 4 heteroatoms. The third-order valence-electron chi connectivity index (χ3n) is 1.89. The smallest absolute Gasteiger partial charge is 0.222 e. The maximum atomic E-state index is 5.54. The van der Waals surface area contributed by atoms with E-state index in [1.165, 1.54) is 0 Å². The van der Waals surface area contributed by atoms with Gasteiger partial charge in [0.15, 0.2) is 0 Å². The molecule has 1 aromatic rings. The molecule has 13 heavy (non-hydrogen) atoms. The van der Waals surface area contributed by atoms with Crippen molar-refractivity contribution >= 4 is 5.95 Å². The number of anilines is 1. The molecule has 0 aliphatic carbocycles. The van der Waals surface area contributed by atoms with Gasteiger partial charge in [-0.25, -0.2) is 9.97 Å². The molecule has 0 aliphatic heterocycles. The van der Waals surface area contributed by atoms with Gasteiger partial charge in [-0.05, 0) is 18.9 Å². The summed E-state index contributed by atoms with van der Waals surface area (Å²) in [5.41, 5.74) is 6.60. The lowest BCUT2D eigenvalue weighted by atomic mass is 10.2. The zero-order valence-corrected chi connectivity index (χ0v) is 8.12. The fraction of sp³-hybridized carbons (Fsp3) is 0.556. The molecule has 0 aliphatic rings. The van der Waals surface area contributed by atoms with Crippen LogP contribution in [-0.2, 0) is 0 Å². The Morgan fingerprint density at radius 2 is 2.08 bits per heavy atom. The molecule has 4 nitrogen and oxygen atoms in total. The van der Waals surface area contributed by atoms with E-state index >= 15 is 0 Å². The van der Waals surface area contributed by atoms with Crippen LogP contribution >= 0.6 is 0 Å². The van der Waals surface area contributed by atoms with Crippen LogP contribution in [0.5, 0.6) is 0 Å². The zero-order chi connectivity index (χ0) is 9.68. The molecule has 0 spiro atoms. The first-order chi connectivity index (χ1) is 6.26. The van der Waals surface area contributed by atoms with Crippen LogP contribution in [0, 0.1) is 6.92 Å². The predicted molar refractivity (Wildman–Crippen MR) is 53.5 cm³/mol. The van der Waals surface area contributed by atoms with Gasteiger partial charge in [0.1, 0.15) is 0 Å². The van der Waals surface area contributed by atoms with E-state index in [4.69, 9.17) is 5.73 Å². The van der Waals surface area contributed by atoms with E-state index in [-0.39, 0.29) is 6.04 Å². The van der Waals surface area contributed by atoms with Gasteiger partial charge in [-0.15, -0.1) is 0 Å². The van der Waals surface area contributed by atoms with Crippen LogP contribution in [0.3, 0.4) is 0 Å². The molecule has 0 saturated carbocycles. The molecule has 1 unspecified atom stereocenters. The number of aromatic nitrogens is 2. The van der Waals surface area contributed by atoms with E-state index in [2.05, 4.69) is 22.2 Å². The third kappa shape index (κ3) is 2.99. The quantitative estimate of drug-likeness (QED) is 0.723. The summed E-state index contributed by atoms with van der Waals surface area (Å²) in [4.78, 5) is 8.27. The van der Waals surface area contributed by atoms with Crippen LogP contribution in [0.15, 0.2) is 12.4 Å². The van der Waals surface area contributed by atoms with E-state index in [1.807, 2.05) is 6.92 Å². The van der Waals surface area contributed by atoms with Crippen LogP contribution in [0.4, 0.5) is 5.95 Å². The Hall–Kier alpha value is -1.16. The Kier molecular flexibility index (Phi) is 3.64. The largest absolute Gasteiger partial charge is 0.350 e. The molecule has 0 bridgehead atoms. The molecule has 0 fully saturated rings. The summed E-state index contributed by atoms with van der Waals surface area (Å²) < 4.78 is 0. The highest BCUT2D eigenvalue weighted by Crippen LogP contribution is 2.02. The topological polar surface area (TPSA) is 63.8 Å². The zero-order valence-electron chi connectivity index (χ0n) is 8.12. The number of hydrogen-bond acceptors (Lipinski definition) is 4. The molecule has 3 N–H and O–H groups in total. The molecule has 72 valence electrons. The maximum Gasteiger partial charge on any atom is 0.222 e. The Labute approximate surface area is 78.6 Å². The van der Waals surface area contributed by atoms with Crippen molar-refractivity contribution in [3.05, 3.63) is 18.0 Å². The van der Waals surface area contributed by atoms with E-state index in [0.717, 1.165) is 12.0 Å². The summed E-state index contributed by atoms with van der Waals surface area (Å²) in [7, 11) is 0. The second-order valence-electron chi connectivity index (χ2n) is 3.07. The molecule has 1 rings (SSSR count). The van der Waals surface area contributed by atoms with Gasteiger partial charge in [0.25, 0.3) is 0 Å². The van der Waals surface area contributed by atoms with E-state index in [0.29, 0.717) is 12.5 Å². The van der Waals surface area contributed by atoms with Crippen molar-refractivity contribution in [1.82, 2.24) is 9.97 Å². The molecular formula is C9H16N4. The lowest BCUT2D eigenvalue weighted by Gasteiger charge is -2.13. The molecule has 1 heterocycles. The molecule has 0 radical (unpaired) electrons. The molecule has 1 atom stereocenters. The van der Waals surface area contributed by atoms with E-state index in [1.54, 1.807) is 12.4 Å². The normalized spacial score (nSPS) is 12.5. The lowest BCUT2D eigenvalue weighted by molar-refractivity contribution is 0.695. The number of nitrogens with one attached hydrogen (secondary N) is 1. The average molecular weight is 180 g/mol. The first-order valence-corrected chi connectivity index (χ1v) is 4.51. The first-order valence-electron chi connectivity index (χ1n) is 4.51. The van der Waals surface area contributed by atoms with Gasteiger partial charge in [-0.2, -0.15) is 0 Å². The van der Waals surface area contributed by atoms with Crippen LogP contribution in [0.25, 0.3) is 0 Å². The summed E-state index contributed by atoms with van der Waals surface area (Å²) >= 11 is 0. The number of nitrogens with two attached hydrogens (primary N) is 1. The SMILES string of the molecule is CCC(CN)Nc1ncc(C)cn1. The van der Waals surface area contributed by atoms with Crippen molar-refractivity contribution in [3.8, 4) is 0 Å². The third-order valence-corrected chi connectivity index (χ3v) is 1.89. The number of nitrogens with zero attached hydrogens (tertiary/aromatic N) is 2. The Balaban J connectivity index is 2.58. The maximum absolute atomic E-state index is 5.54. The molecule has 0 aromatic carbocycles. The van der Waals surface area contributed by atoms with Gasteiger partial charge in [-0.1, -0.05) is 6.92 Å². The van der Waals surface area contributed by atoms with Crippen LogP contribution in [0.1, 0.15) is 18.9 Å². The summed E-state index contributed by atoms with van der Waals surface area (Å²) in [5.74, 6) is 0.655. The van der Waals surface area contributed by atoms with Gasteiger partial charge in [-0.3, -0.25) is 0 Å². The van der Waals surface area contributed by atoms with Crippen molar-refractivity contribution in [2.45, 2.75) is 26.3 Å². The Bertz CT molecular complexity index is 240. The highest BCUT2D eigenvalue weighted by atomic mass is 15.1. The van der Waals surface area contributed by atoms with Gasteiger partial charge in [0.2, 0.25) is 5.95 Å². The van der Waals surface area contributed by atoms with Gasteiger partial charge < -0.3 is 11.1 Å². The van der Waals surface area contributed by atoms with Crippen molar-refractivity contribution in [2.75, 3.05) is 11.9 Å². The summed E-state index contributed by atoms with van der Waals surface area (Å²) in [6.07, 6.45) is 4.56. The molecule has 0 amide bonds. The fourth-order valence-electron chi connectivity index (χ4n) is 0.977. The highest BCUT2D eigenvalue weighted by Gasteiger charge is 2.03. The number of rotatable bonds is 4. The van der Waals surface area contributed by atoms with Gasteiger partial charge >= 0.3 is 0 Å². The Morgan fingerprint density at radius 3 is 2.54 bits per heavy atom. The predicted octanol–water partition coefficient (Wildman–Crippen LogP) is 0.934. The Morgan fingerprint density at radius 1 is 1.46 bits per heavy atom. The van der Waals surface area contributed by atoms with Crippen molar-refractivity contribution in [3.63, 3.8) is 0 Å². The monoisotopic (exact) mass is 180 g/mol. The minimum atomic E-state index is 0.266. The molecule has 1 aromatic heterocycles. The summed E-state index contributed by atoms with van der Waals surface area (Å²) in [6, 6.07) is 0.266. The average Bonchev–Trinajstić information content (AvgIpc) is 2.17. The second kappa shape index (κ2) is 4.77. The number of hydrogen-bond donors (Lipinski definition) is 2. The van der Waals surface area contributed by atoms with Crippen molar-refractivity contribution in [1.29, 1.82) is 0 Å². The van der Waals surface area contributed by atoms with Crippen LogP contribution < -0.4 is 11.1 Å². The van der Waals surface area contributed by atoms with E-state index < -0.39 is 0 Å². The van der Waals surface area contributed by atoms with Gasteiger partial charge in [0, 0.05) is 25.0 Å². The molecule has 0 saturated heterocycles. The standard InChI is InChI=1S/C9H16N4/c1-3-8(4-10)13-9-11-5-7(2)6-12-9/h5-6,8H,3-4,10H2,1-2H3,(H,11,12,13). The van der Waals surface area contributed by atoms with E-state index in [9.17, 15) is 0 Å².